The molecule has 2 aromatic rings. The van der Waals surface area contributed by atoms with E-state index in [1.165, 1.54) is 0 Å². The summed E-state index contributed by atoms with van der Waals surface area (Å²) in [4.78, 5) is 19.2. The molecular formula is C19H25O4P. The lowest BCUT2D eigenvalue weighted by Crippen LogP contribution is -2.32. The van der Waals surface area contributed by atoms with Crippen molar-refractivity contribution in [2.24, 2.45) is 5.92 Å². The van der Waals surface area contributed by atoms with Gasteiger partial charge in [-0.05, 0) is 37.3 Å². The number of benzene rings is 2. The van der Waals surface area contributed by atoms with Crippen LogP contribution in [0.4, 0.5) is 0 Å². The largest absolute Gasteiger partial charge is 0.470 e. The molecule has 0 aliphatic rings. The van der Waals surface area contributed by atoms with E-state index < -0.39 is 13.4 Å². The number of rotatable bonds is 6. The SMILES string of the molecule is Cc1ccc(C(CC(C)C)(OP(=O)(O)O)c2ccc(C)cc2)cc1. The van der Waals surface area contributed by atoms with Gasteiger partial charge in [0.05, 0.1) is 0 Å². The maximum Gasteiger partial charge on any atom is 0.470 e. The second-order valence-corrected chi connectivity index (χ2v) is 7.90. The molecule has 0 saturated carbocycles. The molecule has 2 aromatic carbocycles. The minimum Gasteiger partial charge on any atom is -0.303 e. The summed E-state index contributed by atoms with van der Waals surface area (Å²) in [5.74, 6) is 0.180. The van der Waals surface area contributed by atoms with Gasteiger partial charge >= 0.3 is 7.82 Å². The van der Waals surface area contributed by atoms with Crippen LogP contribution in [0.25, 0.3) is 0 Å². The molecule has 0 saturated heterocycles. The number of phosphoric ester groups is 1. The van der Waals surface area contributed by atoms with Crippen molar-refractivity contribution in [1.29, 1.82) is 0 Å². The molecule has 4 nitrogen and oxygen atoms in total. The Morgan fingerprint density at radius 3 is 1.58 bits per heavy atom. The van der Waals surface area contributed by atoms with Gasteiger partial charge in [-0.25, -0.2) is 4.57 Å². The quantitative estimate of drug-likeness (QED) is 0.743. The standard InChI is InChI=1S/C19H25O4P/c1-14(2)13-19(23-24(20,21)22,17-9-5-15(3)6-10-17)18-11-7-16(4)8-12-18/h5-12,14H,13H2,1-4H3,(H2,20,21,22). The van der Waals surface area contributed by atoms with Crippen LogP contribution in [0.2, 0.25) is 0 Å². The smallest absolute Gasteiger partial charge is 0.303 e. The Labute approximate surface area is 143 Å². The summed E-state index contributed by atoms with van der Waals surface area (Å²) in [5, 5.41) is 0. The van der Waals surface area contributed by atoms with Gasteiger partial charge in [0.1, 0.15) is 5.60 Å². The lowest BCUT2D eigenvalue weighted by atomic mass is 9.79. The molecule has 0 aliphatic heterocycles. The third-order valence-electron chi connectivity index (χ3n) is 4.01. The van der Waals surface area contributed by atoms with Gasteiger partial charge in [-0.15, -0.1) is 0 Å². The Kier molecular flexibility index (Phi) is 5.67. The van der Waals surface area contributed by atoms with E-state index in [1.807, 2.05) is 76.2 Å². The Morgan fingerprint density at radius 1 is 0.917 bits per heavy atom. The Hall–Kier alpha value is -1.45. The summed E-state index contributed by atoms with van der Waals surface area (Å²) >= 11 is 0. The van der Waals surface area contributed by atoms with E-state index in [4.69, 9.17) is 4.52 Å². The van der Waals surface area contributed by atoms with Crippen molar-refractivity contribution in [3.8, 4) is 0 Å². The fourth-order valence-corrected chi connectivity index (χ4v) is 3.66. The summed E-state index contributed by atoms with van der Waals surface area (Å²) in [5.41, 5.74) is 2.46. The summed E-state index contributed by atoms with van der Waals surface area (Å²) in [7, 11) is -4.70. The van der Waals surface area contributed by atoms with Gasteiger partial charge in [0.2, 0.25) is 0 Å². The predicted molar refractivity (Wildman–Crippen MR) is 95.7 cm³/mol. The van der Waals surface area contributed by atoms with E-state index in [0.29, 0.717) is 6.42 Å². The van der Waals surface area contributed by atoms with Crippen molar-refractivity contribution in [1.82, 2.24) is 0 Å². The molecule has 0 amide bonds. The summed E-state index contributed by atoms with van der Waals surface area (Å²) in [6.45, 7) is 7.98. The average molecular weight is 348 g/mol. The van der Waals surface area contributed by atoms with Crippen LogP contribution in [0.5, 0.6) is 0 Å². The molecule has 2 rings (SSSR count). The fraction of sp³-hybridized carbons (Fsp3) is 0.368. The maximum atomic E-state index is 11.8. The molecular weight excluding hydrogens is 323 g/mol. The molecule has 0 bridgehead atoms. The minimum absolute atomic E-state index is 0.180. The van der Waals surface area contributed by atoms with Crippen molar-refractivity contribution in [2.75, 3.05) is 0 Å². The molecule has 0 atom stereocenters. The number of hydrogen-bond donors (Lipinski definition) is 2. The zero-order valence-electron chi connectivity index (χ0n) is 14.6. The summed E-state index contributed by atoms with van der Waals surface area (Å²) in [6, 6.07) is 15.3. The Morgan fingerprint density at radius 2 is 1.29 bits per heavy atom. The van der Waals surface area contributed by atoms with Crippen LogP contribution in [0.15, 0.2) is 48.5 Å². The second kappa shape index (κ2) is 7.20. The third-order valence-corrected chi connectivity index (χ3v) is 4.56. The molecule has 130 valence electrons. The number of hydrogen-bond acceptors (Lipinski definition) is 2. The van der Waals surface area contributed by atoms with Crippen LogP contribution in [0.3, 0.4) is 0 Å². The van der Waals surface area contributed by atoms with Gasteiger partial charge in [-0.2, -0.15) is 0 Å². The molecule has 0 aromatic heterocycles. The van der Waals surface area contributed by atoms with Crippen molar-refractivity contribution in [3.05, 3.63) is 70.8 Å². The maximum absolute atomic E-state index is 11.8. The van der Waals surface area contributed by atoms with E-state index in [2.05, 4.69) is 0 Å². The lowest BCUT2D eigenvalue weighted by molar-refractivity contribution is 0.0471. The van der Waals surface area contributed by atoms with Crippen LogP contribution in [-0.4, -0.2) is 9.79 Å². The minimum atomic E-state index is -4.70. The zero-order chi connectivity index (χ0) is 18.0. The highest BCUT2D eigenvalue weighted by atomic mass is 31.2. The molecule has 2 N–H and O–H groups in total. The molecule has 5 heteroatoms. The van der Waals surface area contributed by atoms with E-state index in [1.54, 1.807) is 0 Å². The first-order valence-corrected chi connectivity index (χ1v) is 9.56. The van der Waals surface area contributed by atoms with Gasteiger partial charge in [-0.3, -0.25) is 4.52 Å². The molecule has 0 fully saturated rings. The van der Waals surface area contributed by atoms with Crippen LogP contribution in [0, 0.1) is 19.8 Å². The summed E-state index contributed by atoms with van der Waals surface area (Å²) < 4.78 is 17.2. The first-order chi connectivity index (χ1) is 11.1. The first-order valence-electron chi connectivity index (χ1n) is 8.03. The Balaban J connectivity index is 2.69. The predicted octanol–water partition coefficient (Wildman–Crippen LogP) is 4.70. The molecule has 24 heavy (non-hydrogen) atoms. The van der Waals surface area contributed by atoms with Crippen LogP contribution in [-0.2, 0) is 14.7 Å². The first kappa shape index (κ1) is 18.9. The molecule has 0 unspecified atom stereocenters. The van der Waals surface area contributed by atoms with Crippen LogP contribution in [0.1, 0.15) is 42.5 Å². The second-order valence-electron chi connectivity index (χ2n) is 6.74. The van der Waals surface area contributed by atoms with Gasteiger partial charge in [0.25, 0.3) is 0 Å². The average Bonchev–Trinajstić information content (AvgIpc) is 2.45. The molecule has 0 heterocycles. The van der Waals surface area contributed by atoms with Crippen LogP contribution >= 0.6 is 7.82 Å². The van der Waals surface area contributed by atoms with Crippen molar-refractivity contribution in [2.45, 2.75) is 39.7 Å². The monoisotopic (exact) mass is 348 g/mol. The van der Waals surface area contributed by atoms with Crippen molar-refractivity contribution >= 4 is 7.82 Å². The Bertz CT molecular complexity index is 669. The highest BCUT2D eigenvalue weighted by Crippen LogP contribution is 2.51. The van der Waals surface area contributed by atoms with Gasteiger partial charge in [0.15, 0.2) is 0 Å². The zero-order valence-corrected chi connectivity index (χ0v) is 15.5. The molecule has 0 spiro atoms. The fourth-order valence-electron chi connectivity index (χ4n) is 2.97. The summed E-state index contributed by atoms with van der Waals surface area (Å²) in [6.07, 6.45) is 0.463. The number of aryl methyl sites for hydroxylation is 2. The van der Waals surface area contributed by atoms with E-state index >= 15 is 0 Å². The molecule has 0 aliphatic carbocycles. The van der Waals surface area contributed by atoms with Crippen molar-refractivity contribution in [3.63, 3.8) is 0 Å². The number of phosphoric acid groups is 1. The van der Waals surface area contributed by atoms with E-state index in [9.17, 15) is 14.4 Å². The topological polar surface area (TPSA) is 66.8 Å². The third kappa shape index (κ3) is 4.55. The van der Waals surface area contributed by atoms with Gasteiger partial charge in [0, 0.05) is 0 Å². The van der Waals surface area contributed by atoms with E-state index in [-0.39, 0.29) is 5.92 Å². The highest BCUT2D eigenvalue weighted by molar-refractivity contribution is 7.46. The van der Waals surface area contributed by atoms with Gasteiger partial charge < -0.3 is 9.79 Å². The normalized spacial score (nSPS) is 12.6. The highest BCUT2D eigenvalue weighted by Gasteiger charge is 2.41. The van der Waals surface area contributed by atoms with Crippen molar-refractivity contribution < 1.29 is 18.9 Å². The lowest BCUT2D eigenvalue weighted by Gasteiger charge is -2.36. The van der Waals surface area contributed by atoms with E-state index in [0.717, 1.165) is 22.3 Å². The molecule has 0 radical (unpaired) electrons. The van der Waals surface area contributed by atoms with Crippen LogP contribution < -0.4 is 0 Å². The van der Waals surface area contributed by atoms with Gasteiger partial charge in [-0.1, -0.05) is 73.5 Å².